The minimum Gasteiger partial charge on any atom is -0.312 e. The molecule has 0 saturated carbocycles. The number of hydrogen-bond donors (Lipinski definition) is 1. The van der Waals surface area contributed by atoms with Crippen LogP contribution in [0.3, 0.4) is 0 Å². The van der Waals surface area contributed by atoms with E-state index in [1.807, 2.05) is 20.8 Å². The van der Waals surface area contributed by atoms with Gasteiger partial charge in [0.25, 0.3) is 0 Å². The Kier molecular flexibility index (Phi) is 4.20. The van der Waals surface area contributed by atoms with E-state index in [9.17, 15) is 13.2 Å². The predicted octanol–water partition coefficient (Wildman–Crippen LogP) is 3.80. The highest BCUT2D eigenvalue weighted by Crippen LogP contribution is 2.37. The number of halogens is 3. The fourth-order valence-electron chi connectivity index (χ4n) is 1.94. The van der Waals surface area contributed by atoms with E-state index >= 15 is 0 Å². The van der Waals surface area contributed by atoms with Crippen molar-refractivity contribution in [2.45, 2.75) is 33.2 Å². The molecule has 0 spiro atoms. The van der Waals surface area contributed by atoms with Crippen LogP contribution in [0.4, 0.5) is 13.2 Å². The molecule has 1 aromatic rings. The summed E-state index contributed by atoms with van der Waals surface area (Å²) in [6, 6.07) is 1.90. The summed E-state index contributed by atoms with van der Waals surface area (Å²) < 4.78 is 39.8. The van der Waals surface area contributed by atoms with Gasteiger partial charge >= 0.3 is 0 Å². The molecule has 0 aliphatic rings. The molecule has 0 fully saturated rings. The monoisotopic (exact) mass is 245 g/mol. The molecule has 1 unspecified atom stereocenters. The van der Waals surface area contributed by atoms with Gasteiger partial charge in [0.2, 0.25) is 0 Å². The molecule has 0 amide bonds. The van der Waals surface area contributed by atoms with Crippen LogP contribution >= 0.6 is 0 Å². The molecule has 0 aliphatic carbocycles. The van der Waals surface area contributed by atoms with Crippen LogP contribution in [-0.2, 0) is 0 Å². The molecule has 0 bridgehead atoms. The summed E-state index contributed by atoms with van der Waals surface area (Å²) in [5.41, 5.74) is -0.0851. The van der Waals surface area contributed by atoms with Crippen LogP contribution < -0.4 is 5.32 Å². The fraction of sp³-hybridized carbons (Fsp3) is 0.538. The lowest BCUT2D eigenvalue weighted by Gasteiger charge is -2.34. The Labute approximate surface area is 100 Å². The molecular formula is C13H18F3N. The van der Waals surface area contributed by atoms with Crippen molar-refractivity contribution in [2.24, 2.45) is 5.41 Å². The maximum Gasteiger partial charge on any atom is 0.194 e. The minimum absolute atomic E-state index is 0.165. The summed E-state index contributed by atoms with van der Waals surface area (Å²) in [4.78, 5) is 0. The third-order valence-corrected chi connectivity index (χ3v) is 3.36. The van der Waals surface area contributed by atoms with Crippen LogP contribution in [0.25, 0.3) is 0 Å². The quantitative estimate of drug-likeness (QED) is 0.795. The Bertz CT molecular complexity index is 402. The van der Waals surface area contributed by atoms with Gasteiger partial charge in [-0.3, -0.25) is 0 Å². The summed E-state index contributed by atoms with van der Waals surface area (Å²) in [6.45, 7) is 5.88. The minimum atomic E-state index is -1.41. The maximum absolute atomic E-state index is 13.7. The molecule has 1 aromatic carbocycles. The Balaban J connectivity index is 3.27. The van der Waals surface area contributed by atoms with Gasteiger partial charge in [-0.05, 0) is 24.9 Å². The normalized spacial score (nSPS) is 13.8. The van der Waals surface area contributed by atoms with Gasteiger partial charge in [-0.25, -0.2) is 13.2 Å². The predicted molar refractivity (Wildman–Crippen MR) is 62.2 cm³/mol. The molecule has 1 atom stereocenters. The average molecular weight is 245 g/mol. The second-order valence-electron chi connectivity index (χ2n) is 4.83. The lowest BCUT2D eigenvalue weighted by molar-refractivity contribution is 0.238. The van der Waals surface area contributed by atoms with E-state index in [0.717, 1.165) is 12.5 Å². The van der Waals surface area contributed by atoms with Gasteiger partial charge in [-0.15, -0.1) is 0 Å². The van der Waals surface area contributed by atoms with Gasteiger partial charge in [0, 0.05) is 11.6 Å². The Morgan fingerprint density at radius 1 is 1.18 bits per heavy atom. The van der Waals surface area contributed by atoms with Crippen molar-refractivity contribution < 1.29 is 13.2 Å². The highest BCUT2D eigenvalue weighted by atomic mass is 19.2. The smallest absolute Gasteiger partial charge is 0.194 e. The summed E-state index contributed by atoms with van der Waals surface area (Å²) in [5, 5.41) is 2.97. The Hall–Kier alpha value is -1.03. The van der Waals surface area contributed by atoms with Gasteiger partial charge in [-0.1, -0.05) is 26.8 Å². The van der Waals surface area contributed by atoms with Crippen molar-refractivity contribution in [2.75, 3.05) is 7.05 Å². The summed E-state index contributed by atoms with van der Waals surface area (Å²) >= 11 is 0. The average Bonchev–Trinajstić information content (AvgIpc) is 2.30. The van der Waals surface area contributed by atoms with E-state index in [1.54, 1.807) is 7.05 Å². The lowest BCUT2D eigenvalue weighted by atomic mass is 9.78. The Morgan fingerprint density at radius 3 is 2.24 bits per heavy atom. The largest absolute Gasteiger partial charge is 0.312 e. The van der Waals surface area contributed by atoms with E-state index in [1.165, 1.54) is 6.07 Å². The Morgan fingerprint density at radius 2 is 1.76 bits per heavy atom. The molecule has 17 heavy (non-hydrogen) atoms. The highest BCUT2D eigenvalue weighted by Gasteiger charge is 2.31. The van der Waals surface area contributed by atoms with Gasteiger partial charge in [0.15, 0.2) is 17.5 Å². The molecule has 1 rings (SSSR count). The van der Waals surface area contributed by atoms with Gasteiger partial charge in [0.05, 0.1) is 0 Å². The van der Waals surface area contributed by atoms with Crippen molar-refractivity contribution in [1.82, 2.24) is 5.32 Å². The molecule has 96 valence electrons. The maximum atomic E-state index is 13.7. The first-order valence-corrected chi connectivity index (χ1v) is 5.65. The van der Waals surface area contributed by atoms with Crippen molar-refractivity contribution in [1.29, 1.82) is 0 Å². The van der Waals surface area contributed by atoms with E-state index in [-0.39, 0.29) is 17.0 Å². The van der Waals surface area contributed by atoms with Gasteiger partial charge in [-0.2, -0.15) is 0 Å². The second-order valence-corrected chi connectivity index (χ2v) is 4.83. The van der Waals surface area contributed by atoms with E-state index in [2.05, 4.69) is 5.32 Å². The van der Waals surface area contributed by atoms with Crippen molar-refractivity contribution >= 4 is 0 Å². The SMILES string of the molecule is CCC(C)(C)C(NC)c1ccc(F)c(F)c1F. The standard InChI is InChI=1S/C13H18F3N/c1-5-13(2,3)12(17-4)8-6-7-9(14)11(16)10(8)15/h6-7,12,17H,5H2,1-4H3. The first-order valence-electron chi connectivity index (χ1n) is 5.65. The zero-order chi connectivity index (χ0) is 13.2. The van der Waals surface area contributed by atoms with Crippen LogP contribution in [0.15, 0.2) is 12.1 Å². The number of rotatable bonds is 4. The van der Waals surface area contributed by atoms with E-state index < -0.39 is 17.5 Å². The van der Waals surface area contributed by atoms with Crippen LogP contribution in [0.1, 0.15) is 38.8 Å². The molecular weight excluding hydrogens is 227 g/mol. The summed E-state index contributed by atoms with van der Waals surface area (Å²) in [6.07, 6.45) is 0.789. The molecule has 0 heterocycles. The molecule has 0 saturated heterocycles. The fourth-order valence-corrected chi connectivity index (χ4v) is 1.94. The van der Waals surface area contributed by atoms with Crippen LogP contribution in [0, 0.1) is 22.9 Å². The molecule has 0 aromatic heterocycles. The third kappa shape index (κ3) is 2.63. The topological polar surface area (TPSA) is 12.0 Å². The van der Waals surface area contributed by atoms with Crippen molar-refractivity contribution in [3.05, 3.63) is 35.1 Å². The van der Waals surface area contributed by atoms with Crippen molar-refractivity contribution in [3.63, 3.8) is 0 Å². The molecule has 1 N–H and O–H groups in total. The molecule has 0 radical (unpaired) electrons. The number of hydrogen-bond acceptors (Lipinski definition) is 1. The zero-order valence-electron chi connectivity index (χ0n) is 10.6. The second kappa shape index (κ2) is 5.08. The summed E-state index contributed by atoms with van der Waals surface area (Å²) in [7, 11) is 1.68. The van der Waals surface area contributed by atoms with E-state index in [4.69, 9.17) is 0 Å². The third-order valence-electron chi connectivity index (χ3n) is 3.36. The van der Waals surface area contributed by atoms with Crippen LogP contribution in [0.5, 0.6) is 0 Å². The lowest BCUT2D eigenvalue weighted by Crippen LogP contribution is -2.32. The van der Waals surface area contributed by atoms with Crippen LogP contribution in [-0.4, -0.2) is 7.05 Å². The molecule has 1 nitrogen and oxygen atoms in total. The molecule has 0 aliphatic heterocycles. The molecule has 4 heteroatoms. The first kappa shape index (κ1) is 14.0. The number of nitrogens with one attached hydrogen (secondary N) is 1. The highest BCUT2D eigenvalue weighted by molar-refractivity contribution is 5.25. The first-order chi connectivity index (χ1) is 7.85. The summed E-state index contributed by atoms with van der Waals surface area (Å²) in [5.74, 6) is -3.67. The van der Waals surface area contributed by atoms with Crippen molar-refractivity contribution in [3.8, 4) is 0 Å². The van der Waals surface area contributed by atoms with Crippen LogP contribution in [0.2, 0.25) is 0 Å². The van der Waals surface area contributed by atoms with Gasteiger partial charge < -0.3 is 5.32 Å². The van der Waals surface area contributed by atoms with Gasteiger partial charge in [0.1, 0.15) is 0 Å². The zero-order valence-corrected chi connectivity index (χ0v) is 10.6. The number of benzene rings is 1. The van der Waals surface area contributed by atoms with E-state index in [0.29, 0.717) is 0 Å².